The molecule has 4 rings (SSSR count). The van der Waals surface area contributed by atoms with Crippen LogP contribution in [0.3, 0.4) is 0 Å². The summed E-state index contributed by atoms with van der Waals surface area (Å²) in [5.41, 5.74) is 1.57. The molecule has 2 heterocycles. The summed E-state index contributed by atoms with van der Waals surface area (Å²) in [6.45, 7) is 4.14. The van der Waals surface area contributed by atoms with Crippen molar-refractivity contribution in [1.29, 1.82) is 0 Å². The zero-order valence-corrected chi connectivity index (χ0v) is 16.2. The molecule has 3 aromatic rings. The Morgan fingerprint density at radius 3 is 2.61 bits per heavy atom. The van der Waals surface area contributed by atoms with Gasteiger partial charge in [0.2, 0.25) is 11.7 Å². The van der Waals surface area contributed by atoms with E-state index >= 15 is 0 Å². The van der Waals surface area contributed by atoms with Gasteiger partial charge in [0.15, 0.2) is 11.5 Å². The van der Waals surface area contributed by atoms with Gasteiger partial charge in [-0.05, 0) is 31.2 Å². The van der Waals surface area contributed by atoms with Crippen molar-refractivity contribution in [3.05, 3.63) is 47.3 Å². The summed E-state index contributed by atoms with van der Waals surface area (Å²) in [6, 6.07) is 11.1. The Bertz CT molecular complexity index is 943. The van der Waals surface area contributed by atoms with Crippen LogP contribution in [0.25, 0.3) is 11.4 Å². The smallest absolute Gasteiger partial charge is 0.246 e. The van der Waals surface area contributed by atoms with Crippen molar-refractivity contribution < 1.29 is 18.7 Å². The highest BCUT2D eigenvalue weighted by atomic mass is 35.5. The van der Waals surface area contributed by atoms with E-state index in [2.05, 4.69) is 15.5 Å². The zero-order chi connectivity index (χ0) is 19.3. The molecule has 0 amide bonds. The number of nitrogens with one attached hydrogen (secondary N) is 1. The highest BCUT2D eigenvalue weighted by molar-refractivity contribution is 6.33. The van der Waals surface area contributed by atoms with Gasteiger partial charge in [0, 0.05) is 24.1 Å². The third kappa shape index (κ3) is 4.14. The molecule has 1 aliphatic rings. The second-order valence-electron chi connectivity index (χ2n) is 6.15. The van der Waals surface area contributed by atoms with E-state index in [0.29, 0.717) is 60.3 Å². The number of fused-ring (bicyclic) bond motifs is 1. The van der Waals surface area contributed by atoms with Crippen LogP contribution in [0.4, 0.5) is 5.69 Å². The number of benzene rings is 2. The molecule has 0 fully saturated rings. The minimum atomic E-state index is 0.337. The van der Waals surface area contributed by atoms with E-state index in [0.717, 1.165) is 17.7 Å². The van der Waals surface area contributed by atoms with E-state index < -0.39 is 0 Å². The first kappa shape index (κ1) is 18.4. The Labute approximate surface area is 167 Å². The number of anilines is 1. The van der Waals surface area contributed by atoms with Crippen molar-refractivity contribution in [2.75, 3.05) is 25.1 Å². The average molecular weight is 402 g/mol. The molecule has 7 nitrogen and oxygen atoms in total. The normalized spacial score (nSPS) is 13.1. The third-order valence-electron chi connectivity index (χ3n) is 4.16. The maximum absolute atomic E-state index is 6.35. The molecular formula is C20H20ClN3O4. The van der Waals surface area contributed by atoms with Crippen LogP contribution in [0.2, 0.25) is 5.02 Å². The number of hydrogen-bond acceptors (Lipinski definition) is 7. The maximum Gasteiger partial charge on any atom is 0.246 e. The van der Waals surface area contributed by atoms with E-state index in [-0.39, 0.29) is 0 Å². The fourth-order valence-electron chi connectivity index (χ4n) is 2.80. The van der Waals surface area contributed by atoms with Crippen molar-refractivity contribution in [2.24, 2.45) is 0 Å². The SMILES string of the molecule is CCOc1ccc(-c2noc(CNc3cc4c(cc3Cl)OCCCO4)n2)cc1. The monoisotopic (exact) mass is 401 g/mol. The molecule has 0 bridgehead atoms. The molecule has 1 N–H and O–H groups in total. The van der Waals surface area contributed by atoms with Crippen LogP contribution < -0.4 is 19.5 Å². The quantitative estimate of drug-likeness (QED) is 0.648. The molecule has 0 spiro atoms. The molecule has 0 atom stereocenters. The largest absolute Gasteiger partial charge is 0.494 e. The lowest BCUT2D eigenvalue weighted by molar-refractivity contribution is 0.297. The van der Waals surface area contributed by atoms with Gasteiger partial charge in [0.05, 0.1) is 37.1 Å². The van der Waals surface area contributed by atoms with Crippen molar-refractivity contribution >= 4 is 17.3 Å². The molecule has 0 radical (unpaired) electrons. The highest BCUT2D eigenvalue weighted by Crippen LogP contribution is 2.37. The van der Waals surface area contributed by atoms with Crippen LogP contribution in [0.1, 0.15) is 19.2 Å². The number of nitrogens with zero attached hydrogens (tertiary/aromatic N) is 2. The minimum Gasteiger partial charge on any atom is -0.494 e. The Morgan fingerprint density at radius 1 is 1.11 bits per heavy atom. The Kier molecular flexibility index (Phi) is 5.53. The van der Waals surface area contributed by atoms with Gasteiger partial charge < -0.3 is 24.1 Å². The minimum absolute atomic E-state index is 0.337. The number of halogens is 1. The van der Waals surface area contributed by atoms with E-state index in [1.807, 2.05) is 37.3 Å². The highest BCUT2D eigenvalue weighted by Gasteiger charge is 2.15. The average Bonchev–Trinajstić information content (AvgIpc) is 3.06. The lowest BCUT2D eigenvalue weighted by Gasteiger charge is -2.12. The summed E-state index contributed by atoms with van der Waals surface area (Å²) in [5, 5.41) is 7.78. The number of hydrogen-bond donors (Lipinski definition) is 1. The van der Waals surface area contributed by atoms with Crippen LogP contribution in [0.5, 0.6) is 17.2 Å². The van der Waals surface area contributed by atoms with Gasteiger partial charge >= 0.3 is 0 Å². The molecule has 0 aliphatic carbocycles. The number of rotatable bonds is 6. The van der Waals surface area contributed by atoms with Crippen molar-refractivity contribution in [2.45, 2.75) is 19.9 Å². The van der Waals surface area contributed by atoms with Gasteiger partial charge in [-0.2, -0.15) is 4.98 Å². The molecule has 1 aromatic heterocycles. The van der Waals surface area contributed by atoms with Gasteiger partial charge in [0.25, 0.3) is 0 Å². The second kappa shape index (κ2) is 8.39. The molecule has 0 unspecified atom stereocenters. The summed E-state index contributed by atoms with van der Waals surface area (Å²) in [7, 11) is 0. The molecular weight excluding hydrogens is 382 g/mol. The first-order valence-electron chi connectivity index (χ1n) is 9.12. The van der Waals surface area contributed by atoms with Gasteiger partial charge in [-0.3, -0.25) is 0 Å². The lowest BCUT2D eigenvalue weighted by atomic mass is 10.2. The Hall–Kier alpha value is -2.93. The van der Waals surface area contributed by atoms with Crippen molar-refractivity contribution in [1.82, 2.24) is 10.1 Å². The first-order chi connectivity index (χ1) is 13.7. The van der Waals surface area contributed by atoms with Crippen LogP contribution >= 0.6 is 11.6 Å². The molecule has 8 heteroatoms. The summed E-state index contributed by atoms with van der Waals surface area (Å²) < 4.78 is 22.1. The lowest BCUT2D eigenvalue weighted by Crippen LogP contribution is -2.01. The summed E-state index contributed by atoms with van der Waals surface area (Å²) in [4.78, 5) is 4.42. The van der Waals surface area contributed by atoms with Gasteiger partial charge in [-0.25, -0.2) is 0 Å². The maximum atomic E-state index is 6.35. The fraction of sp³-hybridized carbons (Fsp3) is 0.300. The van der Waals surface area contributed by atoms with Gasteiger partial charge in [0.1, 0.15) is 5.75 Å². The van der Waals surface area contributed by atoms with E-state index in [1.54, 1.807) is 6.07 Å². The summed E-state index contributed by atoms with van der Waals surface area (Å²) in [5.74, 6) is 3.10. The predicted octanol–water partition coefficient (Wildman–Crippen LogP) is 4.56. The van der Waals surface area contributed by atoms with Crippen LogP contribution in [0, 0.1) is 0 Å². The molecule has 1 aliphatic heterocycles. The topological polar surface area (TPSA) is 78.6 Å². The van der Waals surface area contributed by atoms with Crippen molar-refractivity contribution in [3.8, 4) is 28.6 Å². The standard InChI is InChI=1S/C20H20ClN3O4/c1-2-25-14-6-4-13(5-7-14)20-23-19(28-24-20)12-22-16-11-18-17(10-15(16)21)26-8-3-9-27-18/h4-7,10-11,22H,2-3,8-9,12H2,1H3. The summed E-state index contributed by atoms with van der Waals surface area (Å²) in [6.07, 6.45) is 0.839. The number of ether oxygens (including phenoxy) is 3. The molecule has 28 heavy (non-hydrogen) atoms. The summed E-state index contributed by atoms with van der Waals surface area (Å²) >= 11 is 6.35. The van der Waals surface area contributed by atoms with Crippen LogP contribution in [-0.2, 0) is 6.54 Å². The van der Waals surface area contributed by atoms with E-state index in [9.17, 15) is 0 Å². The fourth-order valence-corrected chi connectivity index (χ4v) is 3.02. The third-order valence-corrected chi connectivity index (χ3v) is 4.47. The second-order valence-corrected chi connectivity index (χ2v) is 6.56. The van der Waals surface area contributed by atoms with Gasteiger partial charge in [-0.1, -0.05) is 16.8 Å². The predicted molar refractivity (Wildman–Crippen MR) is 105 cm³/mol. The van der Waals surface area contributed by atoms with Crippen molar-refractivity contribution in [3.63, 3.8) is 0 Å². The Balaban J connectivity index is 1.44. The van der Waals surface area contributed by atoms with Gasteiger partial charge in [-0.15, -0.1) is 0 Å². The van der Waals surface area contributed by atoms with E-state index in [4.69, 9.17) is 30.3 Å². The zero-order valence-electron chi connectivity index (χ0n) is 15.4. The molecule has 0 saturated carbocycles. The molecule has 0 saturated heterocycles. The molecule has 146 valence electrons. The van der Waals surface area contributed by atoms with Crippen LogP contribution in [0.15, 0.2) is 40.9 Å². The Morgan fingerprint density at radius 2 is 1.86 bits per heavy atom. The molecule has 2 aromatic carbocycles. The van der Waals surface area contributed by atoms with Crippen LogP contribution in [-0.4, -0.2) is 30.0 Å². The first-order valence-corrected chi connectivity index (χ1v) is 9.49. The van der Waals surface area contributed by atoms with E-state index in [1.165, 1.54) is 0 Å². The number of aromatic nitrogens is 2.